The highest BCUT2D eigenvalue weighted by molar-refractivity contribution is 7.09. The molecule has 5 nitrogen and oxygen atoms in total. The molecule has 0 bridgehead atoms. The number of aryl methyl sites for hydroxylation is 2. The SMILES string of the molecule is Cc1ccc2c(c1)c(N1CCCC1=O)c(C(=O)NCc1cccs1)n2C. The Hall–Kier alpha value is -2.60. The summed E-state index contributed by atoms with van der Waals surface area (Å²) in [6, 6.07) is 10.1. The van der Waals surface area contributed by atoms with Gasteiger partial charge in [0.2, 0.25) is 5.91 Å². The first-order chi connectivity index (χ1) is 12.6. The topological polar surface area (TPSA) is 54.3 Å². The number of hydrogen-bond acceptors (Lipinski definition) is 3. The number of nitrogens with one attached hydrogen (secondary N) is 1. The second kappa shape index (κ2) is 6.61. The number of carbonyl (C=O) groups excluding carboxylic acids is 2. The van der Waals surface area contributed by atoms with E-state index in [9.17, 15) is 9.59 Å². The van der Waals surface area contributed by atoms with Crippen LogP contribution in [-0.2, 0) is 18.4 Å². The van der Waals surface area contributed by atoms with Gasteiger partial charge in [-0.3, -0.25) is 9.59 Å². The van der Waals surface area contributed by atoms with Crippen LogP contribution in [0.25, 0.3) is 10.9 Å². The van der Waals surface area contributed by atoms with E-state index in [1.165, 1.54) is 0 Å². The summed E-state index contributed by atoms with van der Waals surface area (Å²) < 4.78 is 1.90. The summed E-state index contributed by atoms with van der Waals surface area (Å²) in [6.07, 6.45) is 1.37. The minimum Gasteiger partial charge on any atom is -0.346 e. The van der Waals surface area contributed by atoms with Crippen molar-refractivity contribution in [3.63, 3.8) is 0 Å². The van der Waals surface area contributed by atoms with Crippen molar-refractivity contribution in [2.45, 2.75) is 26.3 Å². The minimum atomic E-state index is -0.149. The van der Waals surface area contributed by atoms with E-state index < -0.39 is 0 Å². The summed E-state index contributed by atoms with van der Waals surface area (Å²) in [6.45, 7) is 3.18. The lowest BCUT2D eigenvalue weighted by Gasteiger charge is -2.17. The van der Waals surface area contributed by atoms with E-state index in [-0.39, 0.29) is 11.8 Å². The van der Waals surface area contributed by atoms with E-state index in [1.54, 1.807) is 16.2 Å². The molecule has 0 atom stereocenters. The highest BCUT2D eigenvalue weighted by atomic mass is 32.1. The van der Waals surface area contributed by atoms with Crippen LogP contribution in [0.2, 0.25) is 0 Å². The van der Waals surface area contributed by atoms with Crippen molar-refractivity contribution in [1.82, 2.24) is 9.88 Å². The normalized spacial score (nSPS) is 14.4. The van der Waals surface area contributed by atoms with Gasteiger partial charge in [-0.05, 0) is 36.9 Å². The zero-order valence-electron chi connectivity index (χ0n) is 14.9. The monoisotopic (exact) mass is 367 g/mol. The van der Waals surface area contributed by atoms with Crippen molar-refractivity contribution in [3.8, 4) is 0 Å². The molecule has 3 heterocycles. The maximum atomic E-state index is 13.0. The maximum absolute atomic E-state index is 13.0. The van der Waals surface area contributed by atoms with Crippen molar-refractivity contribution in [2.24, 2.45) is 7.05 Å². The Balaban J connectivity index is 1.80. The van der Waals surface area contributed by atoms with Gasteiger partial charge in [0.25, 0.3) is 5.91 Å². The van der Waals surface area contributed by atoms with Crippen LogP contribution in [0.5, 0.6) is 0 Å². The molecule has 2 amide bonds. The van der Waals surface area contributed by atoms with Gasteiger partial charge in [-0.1, -0.05) is 17.7 Å². The first-order valence-electron chi connectivity index (χ1n) is 8.76. The summed E-state index contributed by atoms with van der Waals surface area (Å²) in [4.78, 5) is 28.3. The van der Waals surface area contributed by atoms with Crippen LogP contribution in [0.15, 0.2) is 35.7 Å². The number of carbonyl (C=O) groups is 2. The fourth-order valence-electron chi connectivity index (χ4n) is 3.62. The number of nitrogens with zero attached hydrogens (tertiary/aromatic N) is 2. The Morgan fingerprint density at radius 1 is 1.31 bits per heavy atom. The Morgan fingerprint density at radius 3 is 2.85 bits per heavy atom. The second-order valence-corrected chi connectivity index (χ2v) is 7.72. The smallest absolute Gasteiger partial charge is 0.270 e. The van der Waals surface area contributed by atoms with Gasteiger partial charge in [0.05, 0.1) is 17.7 Å². The number of benzene rings is 1. The molecule has 0 saturated carbocycles. The average molecular weight is 367 g/mol. The molecule has 0 radical (unpaired) electrons. The molecule has 134 valence electrons. The van der Waals surface area contributed by atoms with Gasteiger partial charge in [-0.2, -0.15) is 0 Å². The third-order valence-corrected chi connectivity index (χ3v) is 5.77. The summed E-state index contributed by atoms with van der Waals surface area (Å²) in [5.74, 6) is -0.0595. The van der Waals surface area contributed by atoms with Crippen LogP contribution in [0.3, 0.4) is 0 Å². The molecular weight excluding hydrogens is 346 g/mol. The number of fused-ring (bicyclic) bond motifs is 1. The number of thiophene rings is 1. The Kier molecular flexibility index (Phi) is 4.28. The lowest BCUT2D eigenvalue weighted by atomic mass is 10.1. The highest BCUT2D eigenvalue weighted by Gasteiger charge is 2.31. The quantitative estimate of drug-likeness (QED) is 0.766. The second-order valence-electron chi connectivity index (χ2n) is 6.69. The molecule has 3 aromatic rings. The molecule has 2 aromatic heterocycles. The summed E-state index contributed by atoms with van der Waals surface area (Å²) in [7, 11) is 1.89. The van der Waals surface area contributed by atoms with E-state index in [4.69, 9.17) is 0 Å². The van der Waals surface area contributed by atoms with E-state index in [0.717, 1.165) is 33.5 Å². The third kappa shape index (κ3) is 2.80. The Morgan fingerprint density at radius 2 is 2.15 bits per heavy atom. The number of amides is 2. The molecule has 26 heavy (non-hydrogen) atoms. The molecule has 1 saturated heterocycles. The molecule has 0 spiro atoms. The summed E-state index contributed by atoms with van der Waals surface area (Å²) in [5, 5.41) is 5.97. The van der Waals surface area contributed by atoms with Crippen LogP contribution in [0, 0.1) is 6.92 Å². The van der Waals surface area contributed by atoms with Crippen molar-refractivity contribution in [1.29, 1.82) is 0 Å². The van der Waals surface area contributed by atoms with Crippen molar-refractivity contribution in [2.75, 3.05) is 11.4 Å². The van der Waals surface area contributed by atoms with Crippen LogP contribution in [-0.4, -0.2) is 22.9 Å². The fraction of sp³-hybridized carbons (Fsp3) is 0.300. The molecule has 6 heteroatoms. The standard InChI is InChI=1S/C20H21N3O2S/c1-13-7-8-16-15(11-13)18(23-9-3-6-17(23)24)19(22(16)2)20(25)21-12-14-5-4-10-26-14/h4-5,7-8,10-11H,3,6,9,12H2,1-2H3,(H,21,25). The van der Waals surface area contributed by atoms with Crippen LogP contribution in [0.1, 0.15) is 33.8 Å². The average Bonchev–Trinajstić information content (AvgIpc) is 3.33. The van der Waals surface area contributed by atoms with Crippen molar-refractivity contribution < 1.29 is 9.59 Å². The first-order valence-corrected chi connectivity index (χ1v) is 9.64. The van der Waals surface area contributed by atoms with E-state index >= 15 is 0 Å². The van der Waals surface area contributed by atoms with Crippen LogP contribution >= 0.6 is 11.3 Å². The summed E-state index contributed by atoms with van der Waals surface area (Å²) >= 11 is 1.62. The Bertz CT molecular complexity index is 988. The largest absolute Gasteiger partial charge is 0.346 e. The van der Waals surface area contributed by atoms with Crippen molar-refractivity contribution >= 4 is 39.7 Å². The fourth-order valence-corrected chi connectivity index (χ4v) is 4.27. The predicted molar refractivity (Wildman–Crippen MR) is 105 cm³/mol. The molecule has 1 aliphatic rings. The first kappa shape index (κ1) is 16.8. The van der Waals surface area contributed by atoms with Gasteiger partial charge < -0.3 is 14.8 Å². The van der Waals surface area contributed by atoms with Gasteiger partial charge in [0, 0.05) is 30.3 Å². The van der Waals surface area contributed by atoms with Gasteiger partial charge in [-0.25, -0.2) is 0 Å². The van der Waals surface area contributed by atoms with Gasteiger partial charge in [0.15, 0.2) is 0 Å². The maximum Gasteiger partial charge on any atom is 0.270 e. The molecule has 0 aliphatic carbocycles. The van der Waals surface area contributed by atoms with Gasteiger partial charge >= 0.3 is 0 Å². The predicted octanol–water partition coefficient (Wildman–Crippen LogP) is 3.61. The van der Waals surface area contributed by atoms with Gasteiger partial charge in [0.1, 0.15) is 5.69 Å². The molecular formula is C20H21N3O2S. The Labute approximate surface area is 156 Å². The molecule has 4 rings (SSSR count). The lowest BCUT2D eigenvalue weighted by Crippen LogP contribution is -2.30. The van der Waals surface area contributed by atoms with E-state index in [1.807, 2.05) is 48.2 Å². The number of aromatic nitrogens is 1. The zero-order chi connectivity index (χ0) is 18.3. The lowest BCUT2D eigenvalue weighted by molar-refractivity contribution is -0.117. The molecule has 0 unspecified atom stereocenters. The summed E-state index contributed by atoms with van der Waals surface area (Å²) in [5.41, 5.74) is 3.38. The van der Waals surface area contributed by atoms with Crippen molar-refractivity contribution in [3.05, 3.63) is 51.8 Å². The van der Waals surface area contributed by atoms with Crippen LogP contribution < -0.4 is 10.2 Å². The van der Waals surface area contributed by atoms with Gasteiger partial charge in [-0.15, -0.1) is 11.3 Å². The molecule has 1 aromatic carbocycles. The zero-order valence-corrected chi connectivity index (χ0v) is 15.7. The molecule has 1 fully saturated rings. The number of anilines is 1. The highest BCUT2D eigenvalue weighted by Crippen LogP contribution is 2.36. The number of hydrogen-bond donors (Lipinski definition) is 1. The minimum absolute atomic E-state index is 0.0892. The number of rotatable bonds is 4. The third-order valence-electron chi connectivity index (χ3n) is 4.89. The van der Waals surface area contributed by atoms with E-state index in [2.05, 4.69) is 11.4 Å². The molecule has 1 aliphatic heterocycles. The van der Waals surface area contributed by atoms with Crippen LogP contribution in [0.4, 0.5) is 5.69 Å². The van der Waals surface area contributed by atoms with E-state index in [0.29, 0.717) is 25.2 Å². The molecule has 1 N–H and O–H groups in total.